The highest BCUT2D eigenvalue weighted by Crippen LogP contribution is 2.35. The van der Waals surface area contributed by atoms with E-state index in [1.807, 2.05) is 0 Å². The molecule has 0 radical (unpaired) electrons. The van der Waals surface area contributed by atoms with Crippen molar-refractivity contribution in [2.45, 2.75) is 38.8 Å². The SMILES string of the molecule is CCCC1CCN(c2ccc(C(F)(F)F)cc2N)CC1. The van der Waals surface area contributed by atoms with Crippen LogP contribution in [0.3, 0.4) is 0 Å². The first-order valence-corrected chi connectivity index (χ1v) is 7.13. The maximum absolute atomic E-state index is 12.6. The van der Waals surface area contributed by atoms with Gasteiger partial charge in [0.15, 0.2) is 0 Å². The average molecular weight is 286 g/mol. The fraction of sp³-hybridized carbons (Fsp3) is 0.600. The van der Waals surface area contributed by atoms with Crippen molar-refractivity contribution >= 4 is 11.4 Å². The molecule has 1 aromatic carbocycles. The van der Waals surface area contributed by atoms with Gasteiger partial charge in [0.1, 0.15) is 0 Å². The van der Waals surface area contributed by atoms with Gasteiger partial charge >= 0.3 is 6.18 Å². The van der Waals surface area contributed by atoms with Gasteiger partial charge in [0.2, 0.25) is 0 Å². The predicted molar refractivity (Wildman–Crippen MR) is 75.7 cm³/mol. The molecule has 0 aliphatic carbocycles. The normalized spacial score (nSPS) is 17.5. The number of nitrogen functional groups attached to an aromatic ring is 1. The zero-order chi connectivity index (χ0) is 14.8. The molecule has 1 aliphatic rings. The molecule has 0 atom stereocenters. The summed E-state index contributed by atoms with van der Waals surface area (Å²) in [5.74, 6) is 0.743. The Kier molecular flexibility index (Phi) is 4.45. The quantitative estimate of drug-likeness (QED) is 0.839. The molecule has 2 rings (SSSR count). The van der Waals surface area contributed by atoms with Crippen LogP contribution in [0.1, 0.15) is 38.2 Å². The molecule has 5 heteroatoms. The minimum absolute atomic E-state index is 0.216. The molecule has 0 amide bonds. The largest absolute Gasteiger partial charge is 0.416 e. The van der Waals surface area contributed by atoms with Crippen molar-refractivity contribution in [3.05, 3.63) is 23.8 Å². The van der Waals surface area contributed by atoms with Crippen molar-refractivity contribution in [1.82, 2.24) is 0 Å². The zero-order valence-corrected chi connectivity index (χ0v) is 11.7. The smallest absolute Gasteiger partial charge is 0.397 e. The van der Waals surface area contributed by atoms with E-state index in [2.05, 4.69) is 11.8 Å². The number of piperidine rings is 1. The summed E-state index contributed by atoms with van der Waals surface area (Å²) in [6, 6.07) is 3.65. The number of alkyl halides is 3. The molecule has 0 unspecified atom stereocenters. The topological polar surface area (TPSA) is 29.3 Å². The van der Waals surface area contributed by atoms with Crippen LogP contribution in [0, 0.1) is 5.92 Å². The number of nitrogens with zero attached hydrogens (tertiary/aromatic N) is 1. The van der Waals surface area contributed by atoms with E-state index in [4.69, 9.17) is 5.73 Å². The zero-order valence-electron chi connectivity index (χ0n) is 11.7. The van der Waals surface area contributed by atoms with Crippen molar-refractivity contribution in [3.63, 3.8) is 0 Å². The molecule has 2 N–H and O–H groups in total. The number of hydrogen-bond acceptors (Lipinski definition) is 2. The van der Waals surface area contributed by atoms with Crippen molar-refractivity contribution in [3.8, 4) is 0 Å². The van der Waals surface area contributed by atoms with Crippen LogP contribution in [0.2, 0.25) is 0 Å². The molecule has 20 heavy (non-hydrogen) atoms. The lowest BCUT2D eigenvalue weighted by Crippen LogP contribution is -2.34. The van der Waals surface area contributed by atoms with E-state index < -0.39 is 11.7 Å². The maximum Gasteiger partial charge on any atom is 0.416 e. The summed E-state index contributed by atoms with van der Waals surface area (Å²) >= 11 is 0. The fourth-order valence-corrected chi connectivity index (χ4v) is 2.89. The molecule has 0 aromatic heterocycles. The van der Waals surface area contributed by atoms with Crippen LogP contribution in [-0.4, -0.2) is 13.1 Å². The number of nitrogens with two attached hydrogens (primary N) is 1. The third kappa shape index (κ3) is 3.38. The molecule has 0 spiro atoms. The Morgan fingerprint density at radius 1 is 1.25 bits per heavy atom. The van der Waals surface area contributed by atoms with E-state index in [0.717, 1.165) is 49.7 Å². The second-order valence-electron chi connectivity index (χ2n) is 5.49. The van der Waals surface area contributed by atoms with Crippen molar-refractivity contribution in [1.29, 1.82) is 0 Å². The van der Waals surface area contributed by atoms with E-state index >= 15 is 0 Å². The first-order chi connectivity index (χ1) is 9.41. The van der Waals surface area contributed by atoms with Gasteiger partial charge in [-0.2, -0.15) is 13.2 Å². The minimum Gasteiger partial charge on any atom is -0.397 e. The van der Waals surface area contributed by atoms with E-state index in [-0.39, 0.29) is 5.69 Å². The van der Waals surface area contributed by atoms with Crippen LogP contribution in [0.5, 0.6) is 0 Å². The van der Waals surface area contributed by atoms with Crippen LogP contribution in [-0.2, 0) is 6.18 Å². The van der Waals surface area contributed by atoms with Crippen molar-refractivity contribution in [2.75, 3.05) is 23.7 Å². The van der Waals surface area contributed by atoms with Crippen LogP contribution < -0.4 is 10.6 Å². The van der Waals surface area contributed by atoms with Gasteiger partial charge in [0, 0.05) is 13.1 Å². The van der Waals surface area contributed by atoms with Crippen molar-refractivity contribution < 1.29 is 13.2 Å². The summed E-state index contributed by atoms with van der Waals surface area (Å²) in [5, 5.41) is 0. The third-order valence-corrected chi connectivity index (χ3v) is 4.01. The Bertz CT molecular complexity index is 449. The van der Waals surface area contributed by atoms with Crippen molar-refractivity contribution in [2.24, 2.45) is 5.92 Å². The Morgan fingerprint density at radius 3 is 2.40 bits per heavy atom. The molecule has 1 aromatic rings. The fourth-order valence-electron chi connectivity index (χ4n) is 2.89. The van der Waals surface area contributed by atoms with E-state index in [9.17, 15) is 13.2 Å². The summed E-state index contributed by atoms with van der Waals surface area (Å²) in [5.41, 5.74) is 6.07. The van der Waals surface area contributed by atoms with E-state index in [0.29, 0.717) is 0 Å². The Labute approximate surface area is 117 Å². The Hall–Kier alpha value is -1.39. The highest BCUT2D eigenvalue weighted by atomic mass is 19.4. The molecule has 112 valence electrons. The van der Waals surface area contributed by atoms with E-state index in [1.54, 1.807) is 0 Å². The molecule has 1 saturated heterocycles. The summed E-state index contributed by atoms with van der Waals surface area (Å²) < 4.78 is 37.8. The summed E-state index contributed by atoms with van der Waals surface area (Å²) in [7, 11) is 0. The van der Waals surface area contributed by atoms with Crippen LogP contribution in [0.25, 0.3) is 0 Å². The standard InChI is InChI=1S/C15H21F3N2/c1-2-3-11-6-8-20(9-7-11)14-5-4-12(10-13(14)19)15(16,17)18/h4-5,10-11H,2-3,6-9,19H2,1H3. The molecule has 1 heterocycles. The number of anilines is 2. The summed E-state index contributed by atoms with van der Waals surface area (Å²) in [6.07, 6.45) is 0.271. The van der Waals surface area contributed by atoms with Crippen LogP contribution in [0.4, 0.5) is 24.5 Å². The number of benzene rings is 1. The van der Waals surface area contributed by atoms with Gasteiger partial charge in [-0.1, -0.05) is 19.8 Å². The second kappa shape index (κ2) is 5.94. The molecule has 0 bridgehead atoms. The van der Waals surface area contributed by atoms with Gasteiger partial charge in [0.05, 0.1) is 16.9 Å². The second-order valence-corrected chi connectivity index (χ2v) is 5.49. The van der Waals surface area contributed by atoms with Gasteiger partial charge in [-0.15, -0.1) is 0 Å². The lowest BCUT2D eigenvalue weighted by atomic mass is 9.92. The lowest BCUT2D eigenvalue weighted by Gasteiger charge is -2.34. The monoisotopic (exact) mass is 286 g/mol. The summed E-state index contributed by atoms with van der Waals surface area (Å²) in [6.45, 7) is 3.93. The minimum atomic E-state index is -4.33. The first-order valence-electron chi connectivity index (χ1n) is 7.13. The van der Waals surface area contributed by atoms with Crippen LogP contribution in [0.15, 0.2) is 18.2 Å². The average Bonchev–Trinajstić information content (AvgIpc) is 2.39. The van der Waals surface area contributed by atoms with Gasteiger partial charge < -0.3 is 10.6 Å². The highest BCUT2D eigenvalue weighted by molar-refractivity contribution is 5.68. The molecule has 1 aliphatic heterocycles. The molecular formula is C15H21F3N2. The van der Waals surface area contributed by atoms with Gasteiger partial charge in [0.25, 0.3) is 0 Å². The Morgan fingerprint density at radius 2 is 1.90 bits per heavy atom. The van der Waals surface area contributed by atoms with Gasteiger partial charge in [-0.05, 0) is 37.0 Å². The number of halogens is 3. The molecule has 1 fully saturated rings. The maximum atomic E-state index is 12.6. The molecule has 0 saturated carbocycles. The highest BCUT2D eigenvalue weighted by Gasteiger charge is 2.31. The third-order valence-electron chi connectivity index (χ3n) is 4.01. The predicted octanol–water partition coefficient (Wildman–Crippen LogP) is 4.30. The van der Waals surface area contributed by atoms with Gasteiger partial charge in [-0.3, -0.25) is 0 Å². The van der Waals surface area contributed by atoms with Crippen LogP contribution >= 0.6 is 0 Å². The molecule has 2 nitrogen and oxygen atoms in total. The van der Waals surface area contributed by atoms with E-state index in [1.165, 1.54) is 18.9 Å². The summed E-state index contributed by atoms with van der Waals surface area (Å²) in [4.78, 5) is 2.10. The number of hydrogen-bond donors (Lipinski definition) is 1. The Balaban J connectivity index is 2.07. The first kappa shape index (κ1) is 15.0. The lowest BCUT2D eigenvalue weighted by molar-refractivity contribution is -0.137. The number of rotatable bonds is 3. The van der Waals surface area contributed by atoms with Gasteiger partial charge in [-0.25, -0.2) is 0 Å². The molecular weight excluding hydrogens is 265 g/mol.